The van der Waals surface area contributed by atoms with Crippen molar-refractivity contribution in [3.05, 3.63) is 35.9 Å². The lowest BCUT2D eigenvalue weighted by molar-refractivity contribution is 0.121. The molecule has 2 nitrogen and oxygen atoms in total. The van der Waals surface area contributed by atoms with Gasteiger partial charge in [0.1, 0.15) is 0 Å². The fraction of sp³-hybridized carbons (Fsp3) is 0.625. The van der Waals surface area contributed by atoms with Crippen LogP contribution in [0.1, 0.15) is 31.2 Å². The Morgan fingerprint density at radius 1 is 1.11 bits per heavy atom. The summed E-state index contributed by atoms with van der Waals surface area (Å²) in [6.07, 6.45) is 6.59. The highest BCUT2D eigenvalue weighted by atomic mass is 15.2. The second-order valence-corrected chi connectivity index (χ2v) is 6.05. The van der Waals surface area contributed by atoms with Crippen molar-refractivity contribution in [2.45, 2.75) is 37.6 Å². The van der Waals surface area contributed by atoms with Gasteiger partial charge in [-0.05, 0) is 56.7 Å². The second kappa shape index (κ2) is 5.02. The topological polar surface area (TPSA) is 29.3 Å². The van der Waals surface area contributed by atoms with Crippen LogP contribution in [0.25, 0.3) is 0 Å². The lowest BCUT2D eigenvalue weighted by atomic mass is 9.89. The maximum absolute atomic E-state index is 5.92. The average molecular weight is 244 g/mol. The lowest BCUT2D eigenvalue weighted by Gasteiger charge is -2.37. The van der Waals surface area contributed by atoms with Gasteiger partial charge in [0, 0.05) is 12.1 Å². The van der Waals surface area contributed by atoms with E-state index in [-0.39, 0.29) is 0 Å². The van der Waals surface area contributed by atoms with Gasteiger partial charge in [-0.1, -0.05) is 30.3 Å². The summed E-state index contributed by atoms with van der Waals surface area (Å²) in [5.41, 5.74) is 7.83. The number of nitrogens with two attached hydrogens (primary N) is 1. The largest absolute Gasteiger partial charge is 0.329 e. The molecule has 2 N–H and O–H groups in total. The first-order valence-electron chi connectivity index (χ1n) is 7.31. The molecule has 1 aliphatic carbocycles. The molecule has 1 aromatic carbocycles. The smallest absolute Gasteiger partial charge is 0.0333 e. The monoisotopic (exact) mass is 244 g/mol. The summed E-state index contributed by atoms with van der Waals surface area (Å²) < 4.78 is 0. The Morgan fingerprint density at radius 2 is 1.78 bits per heavy atom. The molecule has 2 aliphatic rings. The summed E-state index contributed by atoms with van der Waals surface area (Å²) in [6.45, 7) is 3.37. The molecule has 18 heavy (non-hydrogen) atoms. The second-order valence-electron chi connectivity index (χ2n) is 6.05. The molecule has 1 heterocycles. The van der Waals surface area contributed by atoms with Crippen LogP contribution in [0.3, 0.4) is 0 Å². The van der Waals surface area contributed by atoms with E-state index in [4.69, 9.17) is 5.73 Å². The van der Waals surface area contributed by atoms with E-state index in [9.17, 15) is 0 Å². The summed E-state index contributed by atoms with van der Waals surface area (Å²) in [5.74, 6) is 0.872. The van der Waals surface area contributed by atoms with Gasteiger partial charge in [0.15, 0.2) is 0 Å². The van der Waals surface area contributed by atoms with Crippen molar-refractivity contribution >= 4 is 0 Å². The van der Waals surface area contributed by atoms with E-state index in [2.05, 4.69) is 35.2 Å². The number of hydrogen-bond donors (Lipinski definition) is 1. The minimum absolute atomic E-state index is 0.414. The van der Waals surface area contributed by atoms with Crippen molar-refractivity contribution in [3.8, 4) is 0 Å². The zero-order valence-electron chi connectivity index (χ0n) is 11.1. The molecule has 3 rings (SSSR count). The molecular formula is C16H24N2. The number of likely N-dealkylation sites (tertiary alicyclic amines) is 1. The highest BCUT2D eigenvalue weighted by Gasteiger charge is 2.47. The van der Waals surface area contributed by atoms with Crippen LogP contribution in [0.5, 0.6) is 0 Å². The first-order chi connectivity index (χ1) is 8.82. The highest BCUT2D eigenvalue weighted by molar-refractivity contribution is 5.15. The Labute approximate surface area is 110 Å². The summed E-state index contributed by atoms with van der Waals surface area (Å²) in [5, 5.41) is 0. The van der Waals surface area contributed by atoms with Crippen LogP contribution >= 0.6 is 0 Å². The van der Waals surface area contributed by atoms with Crippen molar-refractivity contribution in [2.75, 3.05) is 19.6 Å². The summed E-state index contributed by atoms with van der Waals surface area (Å²) >= 11 is 0. The lowest BCUT2D eigenvalue weighted by Crippen LogP contribution is -2.47. The molecule has 98 valence electrons. The quantitative estimate of drug-likeness (QED) is 0.881. The molecule has 1 aliphatic heterocycles. The van der Waals surface area contributed by atoms with E-state index in [0.29, 0.717) is 5.54 Å². The number of piperidine rings is 1. The molecule has 0 spiro atoms. The minimum atomic E-state index is 0.414. The molecule has 2 heteroatoms. The average Bonchev–Trinajstić information content (AvgIpc) is 3.22. The normalized spacial score (nSPS) is 24.1. The van der Waals surface area contributed by atoms with E-state index < -0.39 is 0 Å². The van der Waals surface area contributed by atoms with Crippen molar-refractivity contribution < 1.29 is 0 Å². The van der Waals surface area contributed by atoms with Gasteiger partial charge in [0.05, 0.1) is 0 Å². The molecule has 0 amide bonds. The van der Waals surface area contributed by atoms with Crippen LogP contribution in [0.15, 0.2) is 30.3 Å². The van der Waals surface area contributed by atoms with Gasteiger partial charge in [-0.25, -0.2) is 0 Å². The minimum Gasteiger partial charge on any atom is -0.329 e. The molecule has 1 saturated carbocycles. The molecule has 0 radical (unpaired) electrons. The first kappa shape index (κ1) is 12.2. The number of hydrogen-bond acceptors (Lipinski definition) is 2. The number of nitrogens with zero attached hydrogens (tertiary/aromatic N) is 1. The zero-order valence-corrected chi connectivity index (χ0v) is 11.1. The Kier molecular flexibility index (Phi) is 3.40. The third-order valence-electron chi connectivity index (χ3n) is 4.86. The van der Waals surface area contributed by atoms with Gasteiger partial charge in [-0.15, -0.1) is 0 Å². The van der Waals surface area contributed by atoms with Crippen molar-refractivity contribution in [2.24, 2.45) is 11.7 Å². The fourth-order valence-corrected chi connectivity index (χ4v) is 3.35. The Hall–Kier alpha value is -0.860. The maximum Gasteiger partial charge on any atom is 0.0333 e. The van der Waals surface area contributed by atoms with E-state index >= 15 is 0 Å². The number of rotatable bonds is 4. The van der Waals surface area contributed by atoms with E-state index in [1.54, 1.807) is 0 Å². The number of benzene rings is 1. The van der Waals surface area contributed by atoms with Gasteiger partial charge in [0.25, 0.3) is 0 Å². The molecular weight excluding hydrogens is 220 g/mol. The van der Waals surface area contributed by atoms with Crippen molar-refractivity contribution in [1.29, 1.82) is 0 Å². The molecule has 0 atom stereocenters. The van der Waals surface area contributed by atoms with Crippen molar-refractivity contribution in [1.82, 2.24) is 4.90 Å². The van der Waals surface area contributed by atoms with E-state index in [1.165, 1.54) is 50.8 Å². The maximum atomic E-state index is 5.92. The van der Waals surface area contributed by atoms with Gasteiger partial charge < -0.3 is 5.73 Å². The Balaban J connectivity index is 1.51. The Bertz CT molecular complexity index is 375. The molecule has 0 bridgehead atoms. The summed E-state index contributed by atoms with van der Waals surface area (Å²) in [7, 11) is 0. The van der Waals surface area contributed by atoms with Gasteiger partial charge >= 0.3 is 0 Å². The van der Waals surface area contributed by atoms with Crippen LogP contribution in [0.4, 0.5) is 0 Å². The van der Waals surface area contributed by atoms with Crippen LogP contribution in [-0.4, -0.2) is 30.1 Å². The van der Waals surface area contributed by atoms with Crippen LogP contribution in [0.2, 0.25) is 0 Å². The van der Waals surface area contributed by atoms with E-state index in [0.717, 1.165) is 12.5 Å². The fourth-order valence-electron chi connectivity index (χ4n) is 3.35. The van der Waals surface area contributed by atoms with Crippen LogP contribution in [-0.2, 0) is 6.42 Å². The first-order valence-corrected chi connectivity index (χ1v) is 7.31. The SMILES string of the molecule is NCC1(N2CCC(Cc3ccccc3)CC2)CC1. The molecule has 0 unspecified atom stereocenters. The van der Waals surface area contributed by atoms with E-state index in [1.807, 2.05) is 0 Å². The summed E-state index contributed by atoms with van der Waals surface area (Å²) in [4.78, 5) is 2.66. The van der Waals surface area contributed by atoms with Gasteiger partial charge in [-0.3, -0.25) is 4.90 Å². The van der Waals surface area contributed by atoms with Gasteiger partial charge in [0.2, 0.25) is 0 Å². The third-order valence-corrected chi connectivity index (χ3v) is 4.86. The molecule has 1 aromatic rings. The predicted octanol–water partition coefficient (Wildman–Crippen LogP) is 2.43. The molecule has 1 saturated heterocycles. The summed E-state index contributed by atoms with van der Waals surface area (Å²) in [6, 6.07) is 10.9. The van der Waals surface area contributed by atoms with Gasteiger partial charge in [-0.2, -0.15) is 0 Å². The molecule has 0 aromatic heterocycles. The zero-order chi connectivity index (χ0) is 12.4. The highest BCUT2D eigenvalue weighted by Crippen LogP contribution is 2.42. The predicted molar refractivity (Wildman–Crippen MR) is 75.5 cm³/mol. The van der Waals surface area contributed by atoms with Crippen LogP contribution < -0.4 is 5.73 Å². The van der Waals surface area contributed by atoms with Crippen molar-refractivity contribution in [3.63, 3.8) is 0 Å². The third kappa shape index (κ3) is 2.45. The standard InChI is InChI=1S/C16H24N2/c17-13-16(8-9-16)18-10-6-15(7-11-18)12-14-4-2-1-3-5-14/h1-5,15H,6-13,17H2. The Morgan fingerprint density at radius 3 is 2.33 bits per heavy atom. The van der Waals surface area contributed by atoms with Crippen LogP contribution in [0, 0.1) is 5.92 Å². The molecule has 2 fully saturated rings.